The van der Waals surface area contributed by atoms with Crippen molar-refractivity contribution in [3.63, 3.8) is 0 Å². The standard InChI is InChI=1S/C29H32BNO8/c1-3-17-14-22-26(28(34)31(27(22)33)29(35)37-2)23-15-30(36)39-24(25(17)23)12-9-19(18-7-5-4-6-8-18)13-20-10-11-21(16-32)38-20/h4-8,10-11,13,22-24,26,32,36H,3,9,12,14-16H2,1-2H3/b19-13-/t22-,23+,24-,26-/m1/s1. The van der Waals surface area contributed by atoms with Crippen molar-refractivity contribution in [1.82, 2.24) is 4.90 Å². The number of carbonyl (C=O) groups excluding carboxylic acids is 3. The summed E-state index contributed by atoms with van der Waals surface area (Å²) >= 11 is 0. The minimum atomic E-state index is -1.10. The van der Waals surface area contributed by atoms with Crippen molar-refractivity contribution < 1.29 is 38.3 Å². The summed E-state index contributed by atoms with van der Waals surface area (Å²) in [5.74, 6) is -1.79. The second-order valence-corrected chi connectivity index (χ2v) is 10.2. The number of allylic oxidation sites excluding steroid dienone is 2. The zero-order chi connectivity index (χ0) is 27.7. The highest BCUT2D eigenvalue weighted by atomic mass is 16.5. The molecular weight excluding hydrogens is 501 g/mol. The number of rotatable bonds is 7. The molecule has 0 bridgehead atoms. The van der Waals surface area contributed by atoms with Gasteiger partial charge in [-0.1, -0.05) is 42.8 Å². The number of furan rings is 1. The molecule has 2 saturated heterocycles. The predicted octanol–water partition coefficient (Wildman–Crippen LogP) is 4.07. The third-order valence-electron chi connectivity index (χ3n) is 8.07. The molecule has 0 radical (unpaired) electrons. The highest BCUT2D eigenvalue weighted by Gasteiger charge is 2.59. The lowest BCUT2D eigenvalue weighted by Gasteiger charge is -2.43. The summed E-state index contributed by atoms with van der Waals surface area (Å²) in [6.07, 6.45) is 2.85. The number of nitrogens with zero attached hydrogens (tertiary/aromatic N) is 1. The first-order valence-electron chi connectivity index (χ1n) is 13.3. The third kappa shape index (κ3) is 5.12. The second kappa shape index (κ2) is 11.3. The number of fused-ring (bicyclic) bond motifs is 3. The molecule has 0 saturated carbocycles. The van der Waals surface area contributed by atoms with E-state index in [0.29, 0.717) is 42.1 Å². The van der Waals surface area contributed by atoms with Crippen molar-refractivity contribution in [2.24, 2.45) is 17.8 Å². The molecule has 2 aromatic rings. The minimum absolute atomic E-state index is 0.183. The summed E-state index contributed by atoms with van der Waals surface area (Å²) in [5, 5.41) is 20.1. The highest BCUT2D eigenvalue weighted by Crippen LogP contribution is 2.51. The van der Waals surface area contributed by atoms with Crippen molar-refractivity contribution in [3.05, 3.63) is 70.7 Å². The van der Waals surface area contributed by atoms with Crippen molar-refractivity contribution in [2.75, 3.05) is 7.11 Å². The maximum absolute atomic E-state index is 13.3. The highest BCUT2D eigenvalue weighted by molar-refractivity contribution is 6.43. The molecule has 3 amide bonds. The smallest absolute Gasteiger partial charge is 0.455 e. The van der Waals surface area contributed by atoms with E-state index in [1.54, 1.807) is 12.1 Å². The van der Waals surface area contributed by atoms with Crippen LogP contribution in [0.5, 0.6) is 0 Å². The molecule has 0 unspecified atom stereocenters. The van der Waals surface area contributed by atoms with Crippen LogP contribution in [0.2, 0.25) is 6.32 Å². The molecule has 1 aromatic heterocycles. The number of ether oxygens (including phenoxy) is 1. The number of aliphatic hydroxyl groups is 1. The molecule has 9 nitrogen and oxygen atoms in total. The van der Waals surface area contributed by atoms with E-state index in [0.717, 1.165) is 29.4 Å². The zero-order valence-corrected chi connectivity index (χ0v) is 22.0. The van der Waals surface area contributed by atoms with Gasteiger partial charge < -0.3 is 23.9 Å². The van der Waals surface area contributed by atoms with Gasteiger partial charge in [-0.05, 0) is 72.8 Å². The van der Waals surface area contributed by atoms with Crippen LogP contribution in [0, 0.1) is 17.8 Å². The number of amides is 3. The SMILES string of the molecule is CCC1=C2[C@@H](CC/C(=C/c3ccc(CO)o3)c3ccccc3)OB(O)C[C@@H]2[C@@H]2C(=O)N(C(=O)OC)C(=O)[C@@H]2C1. The van der Waals surface area contributed by atoms with E-state index in [2.05, 4.69) is 0 Å². The Balaban J connectivity index is 1.45. The lowest BCUT2D eigenvalue weighted by atomic mass is 9.58. The fraction of sp³-hybridized carbons (Fsp3) is 0.414. The zero-order valence-electron chi connectivity index (χ0n) is 22.0. The molecule has 2 aliphatic heterocycles. The van der Waals surface area contributed by atoms with Crippen LogP contribution in [-0.2, 0) is 25.6 Å². The van der Waals surface area contributed by atoms with Gasteiger partial charge in [0.1, 0.15) is 18.1 Å². The average molecular weight is 533 g/mol. The first kappa shape index (κ1) is 27.1. The van der Waals surface area contributed by atoms with Crippen molar-refractivity contribution in [2.45, 2.75) is 51.6 Å². The van der Waals surface area contributed by atoms with Crippen LogP contribution in [0.25, 0.3) is 11.6 Å². The number of hydrogen-bond acceptors (Lipinski definition) is 8. The maximum atomic E-state index is 13.3. The van der Waals surface area contributed by atoms with Crippen molar-refractivity contribution in [1.29, 1.82) is 0 Å². The van der Waals surface area contributed by atoms with Gasteiger partial charge in [0, 0.05) is 0 Å². The van der Waals surface area contributed by atoms with E-state index in [4.69, 9.17) is 13.8 Å². The van der Waals surface area contributed by atoms with E-state index in [-0.39, 0.29) is 12.9 Å². The van der Waals surface area contributed by atoms with Gasteiger partial charge in [-0.25, -0.2) is 4.79 Å². The molecule has 39 heavy (non-hydrogen) atoms. The topological polar surface area (TPSA) is 127 Å². The molecule has 5 rings (SSSR count). The number of likely N-dealkylation sites (tertiary alicyclic amines) is 1. The summed E-state index contributed by atoms with van der Waals surface area (Å²) in [6.45, 7) is 1.82. The first-order chi connectivity index (χ1) is 18.9. The number of hydrogen-bond donors (Lipinski definition) is 2. The summed E-state index contributed by atoms with van der Waals surface area (Å²) < 4.78 is 16.5. The fourth-order valence-electron chi connectivity index (χ4n) is 6.34. The quantitative estimate of drug-likeness (QED) is 0.310. The van der Waals surface area contributed by atoms with Crippen LogP contribution >= 0.6 is 0 Å². The average Bonchev–Trinajstić information content (AvgIpc) is 3.51. The third-order valence-corrected chi connectivity index (χ3v) is 8.07. The van der Waals surface area contributed by atoms with E-state index < -0.39 is 48.9 Å². The van der Waals surface area contributed by atoms with E-state index >= 15 is 0 Å². The number of imide groups is 3. The van der Waals surface area contributed by atoms with Crippen LogP contribution in [-0.4, -0.2) is 53.3 Å². The monoisotopic (exact) mass is 533 g/mol. The Hall–Kier alpha value is -3.47. The van der Waals surface area contributed by atoms with Crippen LogP contribution in [0.1, 0.15) is 49.7 Å². The molecule has 204 valence electrons. The van der Waals surface area contributed by atoms with Crippen LogP contribution in [0.4, 0.5) is 4.79 Å². The summed E-state index contributed by atoms with van der Waals surface area (Å²) in [5.41, 5.74) is 4.00. The van der Waals surface area contributed by atoms with Crippen molar-refractivity contribution in [3.8, 4) is 0 Å². The molecular formula is C29H32BNO8. The van der Waals surface area contributed by atoms with E-state index in [1.807, 2.05) is 43.3 Å². The molecule has 2 N–H and O–H groups in total. The lowest BCUT2D eigenvalue weighted by molar-refractivity contribution is -0.137. The minimum Gasteiger partial charge on any atom is -0.459 e. The Morgan fingerprint density at radius 2 is 1.92 bits per heavy atom. The van der Waals surface area contributed by atoms with Gasteiger partial charge in [0.25, 0.3) is 0 Å². The molecule has 1 aliphatic carbocycles. The van der Waals surface area contributed by atoms with Gasteiger partial charge >= 0.3 is 13.2 Å². The van der Waals surface area contributed by atoms with Crippen LogP contribution in [0.3, 0.4) is 0 Å². The second-order valence-electron chi connectivity index (χ2n) is 10.2. The number of aliphatic hydroxyl groups excluding tert-OH is 1. The Labute approximate surface area is 227 Å². The van der Waals surface area contributed by atoms with Gasteiger partial charge in [0.15, 0.2) is 0 Å². The van der Waals surface area contributed by atoms with Crippen molar-refractivity contribution >= 4 is 36.7 Å². The van der Waals surface area contributed by atoms with E-state index in [1.165, 1.54) is 0 Å². The van der Waals surface area contributed by atoms with Gasteiger partial charge in [-0.15, -0.1) is 0 Å². The van der Waals surface area contributed by atoms with Gasteiger partial charge in [0.2, 0.25) is 11.8 Å². The van der Waals surface area contributed by atoms with Gasteiger partial charge in [-0.2, -0.15) is 4.90 Å². The molecule has 3 aliphatic rings. The summed E-state index contributed by atoms with van der Waals surface area (Å²) in [7, 11) is 0.0443. The molecule has 4 atom stereocenters. The largest absolute Gasteiger partial charge is 0.459 e. The molecule has 0 spiro atoms. The fourth-order valence-corrected chi connectivity index (χ4v) is 6.34. The molecule has 3 heterocycles. The first-order valence-corrected chi connectivity index (χ1v) is 13.3. The van der Waals surface area contributed by atoms with Gasteiger partial charge in [0.05, 0.1) is 25.0 Å². The Bertz CT molecular complexity index is 1320. The van der Waals surface area contributed by atoms with Crippen LogP contribution < -0.4 is 0 Å². The number of carbonyl (C=O) groups is 3. The molecule has 1 aromatic carbocycles. The van der Waals surface area contributed by atoms with Crippen LogP contribution in [0.15, 0.2) is 58.0 Å². The maximum Gasteiger partial charge on any atom is 0.455 e. The van der Waals surface area contributed by atoms with E-state index in [9.17, 15) is 24.5 Å². The lowest BCUT2D eigenvalue weighted by Crippen LogP contribution is -2.46. The predicted molar refractivity (Wildman–Crippen MR) is 142 cm³/mol. The summed E-state index contributed by atoms with van der Waals surface area (Å²) in [6, 6.07) is 13.4. The Morgan fingerprint density at radius 3 is 2.59 bits per heavy atom. The van der Waals surface area contributed by atoms with Gasteiger partial charge in [-0.3, -0.25) is 9.59 Å². The Kier molecular flexibility index (Phi) is 7.88. The normalized spacial score (nSPS) is 25.2. The Morgan fingerprint density at radius 1 is 1.15 bits per heavy atom. The number of methoxy groups -OCH3 is 1. The summed E-state index contributed by atoms with van der Waals surface area (Å²) in [4.78, 5) is 39.3. The molecule has 10 heteroatoms. The number of benzene rings is 1. The molecule has 2 fully saturated rings.